The Morgan fingerprint density at radius 3 is 2.62 bits per heavy atom. The number of aromatic amines is 1. The van der Waals surface area contributed by atoms with Gasteiger partial charge in [-0.25, -0.2) is 0 Å². The molecule has 0 bridgehead atoms. The zero-order valence-corrected chi connectivity index (χ0v) is 8.39. The summed E-state index contributed by atoms with van der Waals surface area (Å²) in [5, 5.41) is 10.7. The second kappa shape index (κ2) is 2.52. The minimum absolute atomic E-state index is 1.07. The molecule has 0 amide bonds. The minimum Gasteiger partial charge on any atom is -0.385 e. The summed E-state index contributed by atoms with van der Waals surface area (Å²) in [6.45, 7) is 6.14. The number of hydrogen-bond acceptors (Lipinski definition) is 2. The average Bonchev–Trinajstić information content (AvgIpc) is 2.51. The molecule has 2 rings (SSSR count). The first kappa shape index (κ1) is 8.16. The molecule has 2 aromatic rings. The summed E-state index contributed by atoms with van der Waals surface area (Å²) in [7, 11) is 1.93. The third-order valence-corrected chi connectivity index (χ3v) is 2.50. The zero-order valence-electron chi connectivity index (χ0n) is 8.39. The number of H-pyrrole nitrogens is 1. The van der Waals surface area contributed by atoms with E-state index in [0.29, 0.717) is 0 Å². The molecule has 2 N–H and O–H groups in total. The van der Waals surface area contributed by atoms with E-state index < -0.39 is 0 Å². The van der Waals surface area contributed by atoms with Crippen LogP contribution in [0.25, 0.3) is 5.52 Å². The van der Waals surface area contributed by atoms with Gasteiger partial charge in [-0.1, -0.05) is 0 Å². The molecule has 0 saturated carbocycles. The lowest BCUT2D eigenvalue weighted by atomic mass is 10.2. The molecule has 2 aromatic heterocycles. The summed E-state index contributed by atoms with van der Waals surface area (Å²) < 4.78 is 1.83. The van der Waals surface area contributed by atoms with Gasteiger partial charge < -0.3 is 5.32 Å². The van der Waals surface area contributed by atoms with Gasteiger partial charge in [-0.2, -0.15) is 9.73 Å². The van der Waals surface area contributed by atoms with Gasteiger partial charge in [-0.3, -0.25) is 5.10 Å². The number of aromatic nitrogens is 3. The number of anilines is 1. The summed E-state index contributed by atoms with van der Waals surface area (Å²) >= 11 is 0. The number of nitrogens with zero attached hydrogens (tertiary/aromatic N) is 2. The normalized spacial score (nSPS) is 11.1. The van der Waals surface area contributed by atoms with E-state index in [2.05, 4.69) is 22.4 Å². The van der Waals surface area contributed by atoms with Crippen molar-refractivity contribution in [2.75, 3.05) is 12.4 Å². The van der Waals surface area contributed by atoms with Crippen molar-refractivity contribution in [3.05, 3.63) is 17.0 Å². The van der Waals surface area contributed by atoms with Crippen LogP contribution in [0, 0.1) is 20.8 Å². The van der Waals surface area contributed by atoms with Crippen molar-refractivity contribution >= 4 is 11.2 Å². The Kier molecular flexibility index (Phi) is 1.58. The third-order valence-electron chi connectivity index (χ3n) is 2.50. The van der Waals surface area contributed by atoms with Gasteiger partial charge in [0.15, 0.2) is 0 Å². The predicted molar refractivity (Wildman–Crippen MR) is 53.3 cm³/mol. The summed E-state index contributed by atoms with van der Waals surface area (Å²) in [4.78, 5) is 0. The Hall–Kier alpha value is -1.45. The minimum atomic E-state index is 1.07. The van der Waals surface area contributed by atoms with Gasteiger partial charge in [0.05, 0.1) is 17.1 Å². The van der Waals surface area contributed by atoms with Crippen LogP contribution < -0.4 is 5.32 Å². The van der Waals surface area contributed by atoms with E-state index in [4.69, 9.17) is 0 Å². The molecule has 0 aromatic carbocycles. The van der Waals surface area contributed by atoms with E-state index in [0.717, 1.165) is 22.6 Å². The Morgan fingerprint density at radius 2 is 2.00 bits per heavy atom. The lowest BCUT2D eigenvalue weighted by Gasteiger charge is -1.96. The van der Waals surface area contributed by atoms with Crippen molar-refractivity contribution in [2.45, 2.75) is 20.8 Å². The number of aryl methyl sites for hydroxylation is 3. The molecule has 70 valence electrons. The largest absolute Gasteiger partial charge is 0.385 e. The monoisotopic (exact) mass is 178 g/mol. The third kappa shape index (κ3) is 0.946. The maximum absolute atomic E-state index is 4.36. The fraction of sp³-hybridized carbons (Fsp3) is 0.444. The van der Waals surface area contributed by atoms with Gasteiger partial charge in [0, 0.05) is 12.6 Å². The lowest BCUT2D eigenvalue weighted by molar-refractivity contribution is 0.794. The highest BCUT2D eigenvalue weighted by Gasteiger charge is 2.12. The quantitative estimate of drug-likeness (QED) is 0.697. The highest BCUT2D eigenvalue weighted by Crippen LogP contribution is 2.25. The summed E-state index contributed by atoms with van der Waals surface area (Å²) in [6.07, 6.45) is 0. The fourth-order valence-electron chi connectivity index (χ4n) is 1.68. The van der Waals surface area contributed by atoms with Crippen LogP contribution in [0.5, 0.6) is 0 Å². The van der Waals surface area contributed by atoms with E-state index in [1.165, 1.54) is 5.56 Å². The second-order valence-electron chi connectivity index (χ2n) is 3.33. The van der Waals surface area contributed by atoms with Crippen molar-refractivity contribution < 1.29 is 0 Å². The van der Waals surface area contributed by atoms with Crippen molar-refractivity contribution in [3.63, 3.8) is 0 Å². The van der Waals surface area contributed by atoms with Gasteiger partial charge in [-0.15, -0.1) is 0 Å². The van der Waals surface area contributed by atoms with Gasteiger partial charge in [0.2, 0.25) is 0 Å². The van der Waals surface area contributed by atoms with E-state index in [-0.39, 0.29) is 0 Å². The van der Waals surface area contributed by atoms with E-state index in [1.54, 1.807) is 0 Å². The van der Waals surface area contributed by atoms with Gasteiger partial charge in [0.1, 0.15) is 5.52 Å². The standard InChI is InChI=1S/C9H14N4/c1-5-6(2)11-13-9(5)8(10-4)7(3)12-13/h10,12H,1-4H3. The molecule has 13 heavy (non-hydrogen) atoms. The SMILES string of the molecule is CNc1c(C)[nH]n2nc(C)c(C)c12. The Labute approximate surface area is 76.9 Å². The molecule has 0 aliphatic heterocycles. The lowest BCUT2D eigenvalue weighted by Crippen LogP contribution is -1.89. The maximum atomic E-state index is 4.36. The second-order valence-corrected chi connectivity index (χ2v) is 3.33. The molecule has 2 heterocycles. The molecule has 0 atom stereocenters. The highest BCUT2D eigenvalue weighted by atomic mass is 15.4. The van der Waals surface area contributed by atoms with Crippen LogP contribution in [0.4, 0.5) is 5.69 Å². The number of hydrogen-bond donors (Lipinski definition) is 2. The van der Waals surface area contributed by atoms with Crippen molar-refractivity contribution in [1.29, 1.82) is 0 Å². The van der Waals surface area contributed by atoms with Gasteiger partial charge in [-0.05, 0) is 20.8 Å². The first-order valence-corrected chi connectivity index (χ1v) is 4.37. The van der Waals surface area contributed by atoms with E-state index in [9.17, 15) is 0 Å². The molecular weight excluding hydrogens is 164 g/mol. The van der Waals surface area contributed by atoms with Crippen LogP contribution in [0.2, 0.25) is 0 Å². The molecular formula is C9H14N4. The van der Waals surface area contributed by atoms with Crippen LogP contribution in [-0.2, 0) is 0 Å². The number of fused-ring (bicyclic) bond motifs is 1. The first-order valence-electron chi connectivity index (χ1n) is 4.37. The van der Waals surface area contributed by atoms with Gasteiger partial charge in [0.25, 0.3) is 0 Å². The smallest absolute Gasteiger partial charge is 0.113 e. The number of nitrogens with one attached hydrogen (secondary N) is 2. The van der Waals surface area contributed by atoms with Crippen LogP contribution in [-0.4, -0.2) is 21.9 Å². The summed E-state index contributed by atoms with van der Waals surface area (Å²) in [5.41, 5.74) is 5.71. The van der Waals surface area contributed by atoms with Gasteiger partial charge >= 0.3 is 0 Å². The fourth-order valence-corrected chi connectivity index (χ4v) is 1.68. The topological polar surface area (TPSA) is 45.1 Å². The molecule has 0 spiro atoms. The van der Waals surface area contributed by atoms with Crippen molar-refractivity contribution in [1.82, 2.24) is 14.8 Å². The van der Waals surface area contributed by atoms with Crippen LogP contribution in [0.1, 0.15) is 17.0 Å². The predicted octanol–water partition coefficient (Wildman–Crippen LogP) is 1.63. The zero-order chi connectivity index (χ0) is 9.59. The molecule has 0 aliphatic rings. The molecule has 0 fully saturated rings. The van der Waals surface area contributed by atoms with Crippen molar-refractivity contribution in [2.24, 2.45) is 0 Å². The van der Waals surface area contributed by atoms with E-state index in [1.807, 2.05) is 25.5 Å². The Balaban J connectivity index is 2.86. The van der Waals surface area contributed by atoms with Crippen LogP contribution in [0.15, 0.2) is 0 Å². The molecule has 0 aliphatic carbocycles. The highest BCUT2D eigenvalue weighted by molar-refractivity contribution is 5.78. The average molecular weight is 178 g/mol. The summed E-state index contributed by atoms with van der Waals surface area (Å²) in [6, 6.07) is 0. The Morgan fingerprint density at radius 1 is 1.31 bits per heavy atom. The molecule has 4 nitrogen and oxygen atoms in total. The molecule has 4 heteroatoms. The Bertz CT molecular complexity index is 450. The van der Waals surface area contributed by atoms with Crippen LogP contribution >= 0.6 is 0 Å². The summed E-state index contributed by atoms with van der Waals surface area (Å²) in [5.74, 6) is 0. The molecule has 0 unspecified atom stereocenters. The van der Waals surface area contributed by atoms with Crippen molar-refractivity contribution in [3.8, 4) is 0 Å². The van der Waals surface area contributed by atoms with E-state index >= 15 is 0 Å². The molecule has 0 radical (unpaired) electrons. The molecule has 0 saturated heterocycles. The number of rotatable bonds is 1. The maximum Gasteiger partial charge on any atom is 0.113 e. The first-order chi connectivity index (χ1) is 6.15. The van der Waals surface area contributed by atoms with Crippen LogP contribution in [0.3, 0.4) is 0 Å².